The number of hydrogen-bond donors (Lipinski definition) is 0. The summed E-state index contributed by atoms with van der Waals surface area (Å²) in [5.74, 6) is 1.37. The summed E-state index contributed by atoms with van der Waals surface area (Å²) in [6.07, 6.45) is 5.15. The molecule has 0 aliphatic carbocycles. The molecule has 0 unspecified atom stereocenters. The van der Waals surface area contributed by atoms with Gasteiger partial charge in [-0.15, -0.1) is 0 Å². The Morgan fingerprint density at radius 1 is 1.07 bits per heavy atom. The molecule has 3 rings (SSSR count). The zero-order chi connectivity index (χ0) is 20.3. The van der Waals surface area contributed by atoms with Gasteiger partial charge >= 0.3 is 6.09 Å². The van der Waals surface area contributed by atoms with Crippen LogP contribution in [0.5, 0.6) is 0 Å². The molecule has 0 bridgehead atoms. The zero-order valence-electron chi connectivity index (χ0n) is 17.1. The third-order valence-electron chi connectivity index (χ3n) is 5.89. The number of amides is 1. The van der Waals surface area contributed by atoms with Crippen molar-refractivity contribution < 1.29 is 14.3 Å². The van der Waals surface area contributed by atoms with E-state index in [0.29, 0.717) is 11.8 Å². The van der Waals surface area contributed by atoms with Crippen molar-refractivity contribution in [1.29, 1.82) is 0 Å². The number of nitrogens with zero attached hydrogens (tertiary/aromatic N) is 2. The highest BCUT2D eigenvalue weighted by molar-refractivity contribution is 9.10. The molecular weight excluding hydrogens is 420 g/mol. The number of halogens is 1. The predicted molar refractivity (Wildman–Crippen MR) is 115 cm³/mol. The molecule has 2 saturated heterocycles. The highest BCUT2D eigenvalue weighted by Gasteiger charge is 2.32. The van der Waals surface area contributed by atoms with Gasteiger partial charge in [-0.3, -0.25) is 4.79 Å². The number of piperidine rings is 2. The maximum atomic E-state index is 12.2. The molecule has 0 aromatic heterocycles. The van der Waals surface area contributed by atoms with Gasteiger partial charge in [0.15, 0.2) is 6.29 Å². The standard InChI is InChI=1S/C22H31BrN2O3/c1-22(2,3)28-21(27)25-13-9-17(10-14-25)16-7-11-24(12-8-16)20-6-4-5-19(23)18(20)15-26/h4-6,15-17H,7-14H2,1-3H3. The van der Waals surface area contributed by atoms with Crippen molar-refractivity contribution >= 4 is 34.0 Å². The van der Waals surface area contributed by atoms with Gasteiger partial charge in [0.1, 0.15) is 5.60 Å². The van der Waals surface area contributed by atoms with Gasteiger partial charge in [-0.25, -0.2) is 4.79 Å². The fraction of sp³-hybridized carbons (Fsp3) is 0.636. The second-order valence-corrected chi connectivity index (χ2v) is 9.77. The normalized spacial score (nSPS) is 19.6. The smallest absolute Gasteiger partial charge is 0.410 e. The van der Waals surface area contributed by atoms with E-state index >= 15 is 0 Å². The molecule has 0 atom stereocenters. The highest BCUT2D eigenvalue weighted by Crippen LogP contribution is 2.35. The summed E-state index contributed by atoms with van der Waals surface area (Å²) >= 11 is 3.48. The zero-order valence-corrected chi connectivity index (χ0v) is 18.7. The van der Waals surface area contributed by atoms with Crippen molar-refractivity contribution in [2.24, 2.45) is 11.8 Å². The number of ether oxygens (including phenoxy) is 1. The van der Waals surface area contributed by atoms with E-state index in [4.69, 9.17) is 4.74 Å². The monoisotopic (exact) mass is 450 g/mol. The van der Waals surface area contributed by atoms with Crippen LogP contribution in [0.3, 0.4) is 0 Å². The lowest BCUT2D eigenvalue weighted by Crippen LogP contribution is -2.44. The van der Waals surface area contributed by atoms with Crippen molar-refractivity contribution in [3.63, 3.8) is 0 Å². The summed E-state index contributed by atoms with van der Waals surface area (Å²) in [5, 5.41) is 0. The van der Waals surface area contributed by atoms with Crippen LogP contribution in [0.25, 0.3) is 0 Å². The largest absolute Gasteiger partial charge is 0.444 e. The Morgan fingerprint density at radius 3 is 2.18 bits per heavy atom. The molecule has 2 aliphatic heterocycles. The molecule has 1 aromatic rings. The third-order valence-corrected chi connectivity index (χ3v) is 6.58. The average molecular weight is 451 g/mol. The molecule has 5 nitrogen and oxygen atoms in total. The molecule has 0 saturated carbocycles. The van der Waals surface area contributed by atoms with Gasteiger partial charge in [0.05, 0.1) is 5.56 Å². The Labute approximate surface area is 176 Å². The molecular formula is C22H31BrN2O3. The van der Waals surface area contributed by atoms with E-state index in [-0.39, 0.29) is 6.09 Å². The lowest BCUT2D eigenvalue weighted by Gasteiger charge is -2.41. The van der Waals surface area contributed by atoms with E-state index in [1.807, 2.05) is 43.9 Å². The number of carbonyl (C=O) groups is 2. The Kier molecular flexibility index (Phi) is 6.69. The van der Waals surface area contributed by atoms with Gasteiger partial charge < -0.3 is 14.5 Å². The first-order chi connectivity index (χ1) is 13.3. The summed E-state index contributed by atoms with van der Waals surface area (Å²) < 4.78 is 6.36. The summed E-state index contributed by atoms with van der Waals surface area (Å²) in [6.45, 7) is 9.27. The fourth-order valence-corrected chi connectivity index (χ4v) is 4.86. The molecule has 0 N–H and O–H groups in total. The van der Waals surface area contributed by atoms with Crippen LogP contribution >= 0.6 is 15.9 Å². The topological polar surface area (TPSA) is 49.9 Å². The van der Waals surface area contributed by atoms with E-state index in [1.54, 1.807) is 0 Å². The molecule has 2 heterocycles. The molecule has 2 aliphatic rings. The van der Waals surface area contributed by atoms with Crippen LogP contribution in [0.15, 0.2) is 22.7 Å². The van der Waals surface area contributed by atoms with Crippen molar-refractivity contribution in [3.8, 4) is 0 Å². The van der Waals surface area contributed by atoms with Crippen LogP contribution in [0.2, 0.25) is 0 Å². The maximum Gasteiger partial charge on any atom is 0.410 e. The number of benzene rings is 1. The van der Waals surface area contributed by atoms with Gasteiger partial charge in [-0.1, -0.05) is 6.07 Å². The Morgan fingerprint density at radius 2 is 1.64 bits per heavy atom. The van der Waals surface area contributed by atoms with Crippen molar-refractivity contribution in [2.45, 2.75) is 52.1 Å². The van der Waals surface area contributed by atoms with Gasteiger partial charge in [0.2, 0.25) is 0 Å². The lowest BCUT2D eigenvalue weighted by atomic mass is 9.78. The first-order valence-corrected chi connectivity index (χ1v) is 11.0. The number of carbonyl (C=O) groups excluding carboxylic acids is 2. The van der Waals surface area contributed by atoms with E-state index in [0.717, 1.165) is 73.9 Å². The van der Waals surface area contributed by atoms with Crippen LogP contribution in [-0.2, 0) is 4.74 Å². The first-order valence-electron chi connectivity index (χ1n) is 10.2. The van der Waals surface area contributed by atoms with E-state index < -0.39 is 5.60 Å². The molecule has 28 heavy (non-hydrogen) atoms. The molecule has 1 aromatic carbocycles. The van der Waals surface area contributed by atoms with Crippen LogP contribution in [-0.4, -0.2) is 49.1 Å². The van der Waals surface area contributed by atoms with Gasteiger partial charge in [-0.2, -0.15) is 0 Å². The third kappa shape index (κ3) is 5.07. The average Bonchev–Trinajstić information content (AvgIpc) is 2.67. The summed E-state index contributed by atoms with van der Waals surface area (Å²) in [4.78, 5) is 27.9. The van der Waals surface area contributed by atoms with Crippen LogP contribution in [0, 0.1) is 11.8 Å². The second kappa shape index (κ2) is 8.85. The van der Waals surface area contributed by atoms with Gasteiger partial charge in [0, 0.05) is 36.3 Å². The van der Waals surface area contributed by atoms with E-state index in [9.17, 15) is 9.59 Å². The van der Waals surface area contributed by atoms with E-state index in [1.165, 1.54) is 0 Å². The number of rotatable bonds is 3. The summed E-state index contributed by atoms with van der Waals surface area (Å²) in [7, 11) is 0. The number of aldehydes is 1. The Hall–Kier alpha value is -1.56. The maximum absolute atomic E-state index is 12.2. The number of anilines is 1. The van der Waals surface area contributed by atoms with Gasteiger partial charge in [0.25, 0.3) is 0 Å². The van der Waals surface area contributed by atoms with Crippen LogP contribution in [0.4, 0.5) is 10.5 Å². The van der Waals surface area contributed by atoms with Gasteiger partial charge in [-0.05, 0) is 86.4 Å². The summed E-state index contributed by atoms with van der Waals surface area (Å²) in [5.41, 5.74) is 1.34. The van der Waals surface area contributed by atoms with E-state index in [2.05, 4.69) is 20.8 Å². The molecule has 0 radical (unpaired) electrons. The molecule has 0 spiro atoms. The number of likely N-dealkylation sites (tertiary alicyclic amines) is 1. The minimum atomic E-state index is -0.437. The van der Waals surface area contributed by atoms with Crippen LogP contribution < -0.4 is 4.90 Å². The lowest BCUT2D eigenvalue weighted by molar-refractivity contribution is 0.0152. The highest BCUT2D eigenvalue weighted by atomic mass is 79.9. The van der Waals surface area contributed by atoms with Crippen molar-refractivity contribution in [3.05, 3.63) is 28.2 Å². The molecule has 154 valence electrons. The first kappa shape index (κ1) is 21.2. The second-order valence-electron chi connectivity index (χ2n) is 8.92. The fourth-order valence-electron chi connectivity index (χ4n) is 4.41. The molecule has 2 fully saturated rings. The van der Waals surface area contributed by atoms with Crippen molar-refractivity contribution in [1.82, 2.24) is 4.90 Å². The Bertz CT molecular complexity index is 700. The van der Waals surface area contributed by atoms with Crippen molar-refractivity contribution in [2.75, 3.05) is 31.1 Å². The summed E-state index contributed by atoms with van der Waals surface area (Å²) in [6, 6.07) is 5.94. The SMILES string of the molecule is CC(C)(C)OC(=O)N1CCC(C2CCN(c3cccc(Br)c3C=O)CC2)CC1. The quantitative estimate of drug-likeness (QED) is 0.599. The van der Waals surface area contributed by atoms with Crippen LogP contribution in [0.1, 0.15) is 56.8 Å². The minimum Gasteiger partial charge on any atom is -0.444 e. The number of hydrogen-bond acceptors (Lipinski definition) is 4. The predicted octanol–water partition coefficient (Wildman–Crippen LogP) is 5.13. The minimum absolute atomic E-state index is 0.184. The Balaban J connectivity index is 1.51. The molecule has 1 amide bonds. The molecule has 6 heteroatoms.